The number of carbonyl (C=O) groups excluding carboxylic acids is 1. The van der Waals surface area contributed by atoms with Gasteiger partial charge in [0.15, 0.2) is 31.5 Å². The van der Waals surface area contributed by atoms with E-state index >= 15 is 0 Å². The molecule has 39 heavy (non-hydrogen) atoms. The summed E-state index contributed by atoms with van der Waals surface area (Å²) in [7, 11) is 0. The average molecular weight is 587 g/mol. The Labute approximate surface area is 229 Å². The quantitative estimate of drug-likeness (QED) is 0.109. The van der Waals surface area contributed by atoms with Crippen molar-refractivity contribution in [1.82, 2.24) is 10.6 Å². The molecular weight excluding hydrogens is 548 g/mol. The van der Waals surface area contributed by atoms with Gasteiger partial charge >= 0.3 is 0 Å². The van der Waals surface area contributed by atoms with Crippen LogP contribution in [0.15, 0.2) is 4.53 Å². The lowest BCUT2D eigenvalue weighted by atomic mass is 9.93. The fourth-order valence-electron chi connectivity index (χ4n) is 4.51. The van der Waals surface area contributed by atoms with Gasteiger partial charge in [-0.3, -0.25) is 4.79 Å². The standard InChI is InChI=1S/C21H38N4O13S/c1-6(38-25-39)4-23-10-14(29)16(35-21-11(24-8(3)26)12(27)7(2)17(30)36-21)19(32)37-20(10)34-15-13(28)9(22)5-33-18(15)31/h6-7,9-21,23,27-32H,4-5,22H2,1-3H3,(H,24,26)/t6?,7-,9?,10?,11?,12+,13-,14-,15+,16+,17?,18?,19?,20-,21-/m1/s1. The van der Waals surface area contributed by atoms with Crippen LogP contribution in [-0.4, -0.2) is 136 Å². The maximum absolute atomic E-state index is 11.7. The molecule has 0 aromatic heterocycles. The molecule has 18 heteroatoms. The summed E-state index contributed by atoms with van der Waals surface area (Å²) < 4.78 is 30.7. The molecule has 0 saturated carbocycles. The summed E-state index contributed by atoms with van der Waals surface area (Å²) in [5.41, 5.74) is 5.80. The Kier molecular flexibility index (Phi) is 11.7. The minimum atomic E-state index is -1.89. The van der Waals surface area contributed by atoms with Crippen molar-refractivity contribution in [3.63, 3.8) is 0 Å². The fourth-order valence-corrected chi connectivity index (χ4v) is 4.66. The van der Waals surface area contributed by atoms with Crippen LogP contribution in [0.4, 0.5) is 0 Å². The zero-order chi connectivity index (χ0) is 29.0. The molecular formula is C21H38N4O13S. The zero-order valence-electron chi connectivity index (χ0n) is 21.5. The van der Waals surface area contributed by atoms with Gasteiger partial charge in [-0.1, -0.05) is 6.92 Å². The van der Waals surface area contributed by atoms with Gasteiger partial charge in [0.1, 0.15) is 36.6 Å². The molecule has 3 fully saturated rings. The lowest BCUT2D eigenvalue weighted by molar-refractivity contribution is -0.383. The molecule has 226 valence electrons. The highest BCUT2D eigenvalue weighted by Gasteiger charge is 2.52. The van der Waals surface area contributed by atoms with Crippen LogP contribution in [-0.2, 0) is 45.7 Å². The molecule has 3 aliphatic rings. The molecule has 1 amide bonds. The Hall–Kier alpha value is -1.23. The first-order valence-electron chi connectivity index (χ1n) is 12.4. The van der Waals surface area contributed by atoms with E-state index < -0.39 is 98.0 Å². The van der Waals surface area contributed by atoms with Crippen LogP contribution in [0.25, 0.3) is 0 Å². The smallest absolute Gasteiger partial charge is 0.217 e. The molecule has 0 radical (unpaired) electrons. The van der Waals surface area contributed by atoms with Crippen LogP contribution in [0.5, 0.6) is 0 Å². The molecule has 17 nitrogen and oxygen atoms in total. The number of ether oxygens (including phenoxy) is 5. The summed E-state index contributed by atoms with van der Waals surface area (Å²) in [6, 6.07) is -3.27. The van der Waals surface area contributed by atoms with Gasteiger partial charge in [-0.2, -0.15) is 0 Å². The molecule has 0 bridgehead atoms. The Bertz CT molecular complexity index is 820. The zero-order valence-corrected chi connectivity index (χ0v) is 22.4. The van der Waals surface area contributed by atoms with Gasteiger partial charge in [-0.05, 0) is 11.4 Å². The van der Waals surface area contributed by atoms with Crippen molar-refractivity contribution in [3.8, 4) is 0 Å². The monoisotopic (exact) mass is 586 g/mol. The van der Waals surface area contributed by atoms with E-state index in [9.17, 15) is 35.4 Å². The van der Waals surface area contributed by atoms with Gasteiger partial charge in [0.2, 0.25) is 5.91 Å². The SMILES string of the molecule is CC(=O)NC1[C@H](O[C@@H]2C(O)O[C@@H](O[C@@H]3C(O)OCC(N)[C@H]3O)C(NCC(C)ON=S)[C@H]2O)OC(O)[C@H](C)[C@@H]1O. The summed E-state index contributed by atoms with van der Waals surface area (Å²) >= 11 is 4.44. The lowest BCUT2D eigenvalue weighted by Gasteiger charge is -2.48. The molecule has 3 rings (SSSR count). The summed E-state index contributed by atoms with van der Waals surface area (Å²) in [4.78, 5) is 16.7. The summed E-state index contributed by atoms with van der Waals surface area (Å²) in [5.74, 6) is -1.33. The third-order valence-corrected chi connectivity index (χ3v) is 6.89. The second kappa shape index (κ2) is 14.1. The number of hydrogen-bond donors (Lipinski definition) is 9. The third kappa shape index (κ3) is 7.74. The highest BCUT2D eigenvalue weighted by Crippen LogP contribution is 2.31. The summed E-state index contributed by atoms with van der Waals surface area (Å²) in [5, 5.41) is 68.9. The van der Waals surface area contributed by atoms with Crippen LogP contribution in [0.2, 0.25) is 0 Å². The Morgan fingerprint density at radius 2 is 1.59 bits per heavy atom. The Morgan fingerprint density at radius 3 is 2.21 bits per heavy atom. The van der Waals surface area contributed by atoms with E-state index in [0.29, 0.717) is 0 Å². The molecule has 7 unspecified atom stereocenters. The third-order valence-electron chi connectivity index (χ3n) is 6.81. The molecule has 10 N–H and O–H groups in total. The van der Waals surface area contributed by atoms with Crippen molar-refractivity contribution < 1.29 is 64.0 Å². The minimum absolute atomic E-state index is 0.0308. The molecule has 0 aliphatic carbocycles. The lowest BCUT2D eigenvalue weighted by Crippen LogP contribution is -2.69. The number of nitrogens with one attached hydrogen (secondary N) is 2. The summed E-state index contributed by atoms with van der Waals surface area (Å²) in [6.45, 7) is 4.22. The maximum atomic E-state index is 11.7. The van der Waals surface area contributed by atoms with Gasteiger partial charge < -0.3 is 75.5 Å². The second-order valence-electron chi connectivity index (χ2n) is 9.86. The van der Waals surface area contributed by atoms with E-state index in [1.54, 1.807) is 6.92 Å². The molecule has 15 atom stereocenters. The molecule has 0 spiro atoms. The first-order valence-corrected chi connectivity index (χ1v) is 12.8. The van der Waals surface area contributed by atoms with Crippen molar-refractivity contribution in [1.29, 1.82) is 0 Å². The molecule has 3 heterocycles. The number of amides is 1. The van der Waals surface area contributed by atoms with E-state index in [2.05, 4.69) is 27.6 Å². The number of aliphatic hydroxyl groups excluding tert-OH is 6. The summed E-state index contributed by atoms with van der Waals surface area (Å²) in [6.07, 6.45) is -15.8. The molecule has 0 aromatic carbocycles. The van der Waals surface area contributed by atoms with Gasteiger partial charge in [-0.25, -0.2) is 0 Å². The van der Waals surface area contributed by atoms with Crippen LogP contribution < -0.4 is 16.4 Å². The highest BCUT2D eigenvalue weighted by molar-refractivity contribution is 7.47. The first-order chi connectivity index (χ1) is 18.3. The van der Waals surface area contributed by atoms with E-state index in [1.165, 1.54) is 13.8 Å². The van der Waals surface area contributed by atoms with Crippen molar-refractivity contribution >= 4 is 18.3 Å². The topological polar surface area (TPSA) is 256 Å². The van der Waals surface area contributed by atoms with Gasteiger partial charge in [0.25, 0.3) is 0 Å². The normalized spacial score (nSPS) is 45.8. The van der Waals surface area contributed by atoms with Gasteiger partial charge in [0.05, 0.1) is 37.2 Å². The van der Waals surface area contributed by atoms with Crippen molar-refractivity contribution in [2.24, 2.45) is 16.2 Å². The highest BCUT2D eigenvalue weighted by atomic mass is 32.1. The predicted molar refractivity (Wildman–Crippen MR) is 128 cm³/mol. The first kappa shape index (κ1) is 32.3. The van der Waals surface area contributed by atoms with Gasteiger partial charge in [-0.15, -0.1) is 0 Å². The number of hydrogen-bond acceptors (Lipinski definition) is 17. The fraction of sp³-hybridized carbons (Fsp3) is 0.952. The maximum Gasteiger partial charge on any atom is 0.217 e. The number of rotatable bonds is 10. The van der Waals surface area contributed by atoms with Crippen molar-refractivity contribution in [3.05, 3.63) is 0 Å². The number of carbonyl (C=O) groups is 1. The molecule has 3 saturated heterocycles. The van der Waals surface area contributed by atoms with Crippen molar-refractivity contribution in [2.45, 2.75) is 107 Å². The van der Waals surface area contributed by atoms with Crippen LogP contribution in [0.3, 0.4) is 0 Å². The van der Waals surface area contributed by atoms with Crippen LogP contribution >= 0.6 is 0 Å². The van der Waals surface area contributed by atoms with E-state index in [-0.39, 0.29) is 13.2 Å². The van der Waals surface area contributed by atoms with E-state index in [1.807, 2.05) is 0 Å². The number of nitrogens with two attached hydrogens (primary N) is 1. The number of nitrogens with zero attached hydrogens (tertiary/aromatic N) is 1. The largest absolute Gasteiger partial charge is 0.390 e. The number of aliphatic hydroxyl groups is 6. The van der Waals surface area contributed by atoms with Crippen LogP contribution in [0, 0.1) is 5.92 Å². The van der Waals surface area contributed by atoms with E-state index in [0.717, 1.165) is 0 Å². The predicted octanol–water partition coefficient (Wildman–Crippen LogP) is -4.99. The van der Waals surface area contributed by atoms with Crippen molar-refractivity contribution in [2.75, 3.05) is 13.2 Å². The van der Waals surface area contributed by atoms with Crippen LogP contribution in [0.1, 0.15) is 20.8 Å². The molecule has 0 aromatic rings. The van der Waals surface area contributed by atoms with Gasteiger partial charge in [0, 0.05) is 19.4 Å². The Morgan fingerprint density at radius 1 is 1.00 bits per heavy atom. The minimum Gasteiger partial charge on any atom is -0.390 e. The molecule has 3 aliphatic heterocycles. The Balaban J connectivity index is 1.82. The second-order valence-corrected chi connectivity index (χ2v) is 10.0. The average Bonchev–Trinajstić information content (AvgIpc) is 2.87. The van der Waals surface area contributed by atoms with E-state index in [4.69, 9.17) is 34.3 Å².